The van der Waals surface area contributed by atoms with E-state index in [9.17, 15) is 13.2 Å². The molecule has 0 unspecified atom stereocenters. The molecule has 0 saturated heterocycles. The number of nitrogens with zero attached hydrogens (tertiary/aromatic N) is 1. The van der Waals surface area contributed by atoms with Crippen LogP contribution in [-0.4, -0.2) is 30.8 Å². The van der Waals surface area contributed by atoms with Crippen LogP contribution in [-0.2, 0) is 21.1 Å². The van der Waals surface area contributed by atoms with Crippen LogP contribution in [0.15, 0.2) is 48.7 Å². The van der Waals surface area contributed by atoms with Gasteiger partial charge in [-0.15, -0.1) is 0 Å². The Kier molecular flexibility index (Phi) is 5.70. The maximum atomic E-state index is 12.0. The average Bonchev–Trinajstić information content (AvgIpc) is 2.50. The number of pyridine rings is 1. The molecule has 0 aliphatic rings. The number of hydrogen-bond acceptors (Lipinski definition) is 5. The van der Waals surface area contributed by atoms with Crippen LogP contribution in [0.3, 0.4) is 0 Å². The third kappa shape index (κ3) is 6.07. The van der Waals surface area contributed by atoms with Gasteiger partial charge in [0, 0.05) is 0 Å². The zero-order valence-corrected chi connectivity index (χ0v) is 13.4. The molecule has 0 aliphatic carbocycles. The second-order valence-corrected chi connectivity index (χ2v) is 7.39. The van der Waals surface area contributed by atoms with Crippen molar-refractivity contribution in [2.45, 2.75) is 12.8 Å². The Hall–Kier alpha value is -2.41. The van der Waals surface area contributed by atoms with Crippen LogP contribution in [0.1, 0.15) is 12.0 Å². The maximum absolute atomic E-state index is 12.0. The van der Waals surface area contributed by atoms with Gasteiger partial charge in [-0.25, -0.2) is 13.4 Å². The number of rotatable bonds is 7. The van der Waals surface area contributed by atoms with Crippen molar-refractivity contribution < 1.29 is 13.2 Å². The Morgan fingerprint density at radius 2 is 1.87 bits per heavy atom. The van der Waals surface area contributed by atoms with E-state index in [2.05, 4.69) is 10.3 Å². The molecule has 0 saturated carbocycles. The molecule has 0 bridgehead atoms. The van der Waals surface area contributed by atoms with E-state index in [0.717, 1.165) is 5.56 Å². The standard InChI is InChI=1S/C16H19N3O3S/c17-15-9-8-14(11-18-15)19-16(20)12-23(21,22)10-4-7-13-5-2-1-3-6-13/h1-3,5-6,8-9,11H,4,7,10,12H2,(H2,17,18)(H,19,20). The lowest BCUT2D eigenvalue weighted by molar-refractivity contribution is -0.113. The van der Waals surface area contributed by atoms with Gasteiger partial charge in [0.25, 0.3) is 0 Å². The summed E-state index contributed by atoms with van der Waals surface area (Å²) in [7, 11) is -3.44. The molecule has 6 nitrogen and oxygen atoms in total. The van der Waals surface area contributed by atoms with Crippen molar-refractivity contribution >= 4 is 27.2 Å². The number of aromatic nitrogens is 1. The Bertz CT molecular complexity index is 744. The molecule has 0 spiro atoms. The second-order valence-electron chi connectivity index (χ2n) is 5.20. The third-order valence-electron chi connectivity index (χ3n) is 3.18. The predicted octanol–water partition coefficient (Wildman–Crippen LogP) is 1.65. The van der Waals surface area contributed by atoms with Crippen molar-refractivity contribution in [2.24, 2.45) is 0 Å². The van der Waals surface area contributed by atoms with Gasteiger partial charge in [-0.05, 0) is 30.5 Å². The normalized spacial score (nSPS) is 11.1. The lowest BCUT2D eigenvalue weighted by atomic mass is 10.1. The number of nitrogen functional groups attached to an aromatic ring is 1. The van der Waals surface area contributed by atoms with Crippen molar-refractivity contribution in [3.05, 3.63) is 54.2 Å². The summed E-state index contributed by atoms with van der Waals surface area (Å²) in [5.74, 6) is -0.797. The van der Waals surface area contributed by atoms with E-state index in [1.165, 1.54) is 12.3 Å². The van der Waals surface area contributed by atoms with Crippen LogP contribution in [0.2, 0.25) is 0 Å². The van der Waals surface area contributed by atoms with E-state index in [1.54, 1.807) is 6.07 Å². The Balaban J connectivity index is 1.80. The van der Waals surface area contributed by atoms with E-state index in [4.69, 9.17) is 5.73 Å². The minimum Gasteiger partial charge on any atom is -0.384 e. The molecule has 7 heteroatoms. The molecule has 1 aromatic heterocycles. The largest absolute Gasteiger partial charge is 0.384 e. The van der Waals surface area contributed by atoms with Gasteiger partial charge in [0.15, 0.2) is 9.84 Å². The Morgan fingerprint density at radius 1 is 1.13 bits per heavy atom. The highest BCUT2D eigenvalue weighted by Crippen LogP contribution is 2.08. The van der Waals surface area contributed by atoms with E-state index >= 15 is 0 Å². The van der Waals surface area contributed by atoms with E-state index in [1.807, 2.05) is 30.3 Å². The molecule has 0 radical (unpaired) electrons. The fourth-order valence-corrected chi connectivity index (χ4v) is 3.29. The summed E-state index contributed by atoms with van der Waals surface area (Å²) < 4.78 is 24.0. The molecule has 1 amide bonds. The molecule has 2 aromatic rings. The van der Waals surface area contributed by atoms with E-state index in [0.29, 0.717) is 24.3 Å². The van der Waals surface area contributed by atoms with Gasteiger partial charge in [-0.3, -0.25) is 4.79 Å². The van der Waals surface area contributed by atoms with Gasteiger partial charge in [0.1, 0.15) is 11.6 Å². The first-order valence-corrected chi connectivity index (χ1v) is 9.02. The first kappa shape index (κ1) is 17.0. The molecule has 23 heavy (non-hydrogen) atoms. The van der Waals surface area contributed by atoms with Crippen molar-refractivity contribution in [1.29, 1.82) is 0 Å². The summed E-state index contributed by atoms with van der Waals surface area (Å²) in [6.45, 7) is 0. The maximum Gasteiger partial charge on any atom is 0.239 e. The number of amides is 1. The number of hydrogen-bond donors (Lipinski definition) is 2. The minimum absolute atomic E-state index is 0.0185. The number of nitrogens with two attached hydrogens (primary N) is 1. The second kappa shape index (κ2) is 7.73. The molecule has 3 N–H and O–H groups in total. The fourth-order valence-electron chi connectivity index (χ4n) is 2.09. The van der Waals surface area contributed by atoms with Crippen LogP contribution in [0.4, 0.5) is 11.5 Å². The molecule has 0 aliphatic heterocycles. The zero-order valence-electron chi connectivity index (χ0n) is 12.6. The molecule has 0 fully saturated rings. The molecule has 2 rings (SSSR count). The topological polar surface area (TPSA) is 102 Å². The molecule has 1 aromatic carbocycles. The number of aryl methyl sites for hydroxylation is 1. The van der Waals surface area contributed by atoms with Crippen molar-refractivity contribution in [2.75, 3.05) is 22.6 Å². The molecule has 0 atom stereocenters. The lowest BCUT2D eigenvalue weighted by Gasteiger charge is -2.06. The SMILES string of the molecule is Nc1ccc(NC(=O)CS(=O)(=O)CCCc2ccccc2)cn1. The van der Waals surface area contributed by atoms with Crippen LogP contribution >= 0.6 is 0 Å². The van der Waals surface area contributed by atoms with Crippen LogP contribution in [0.5, 0.6) is 0 Å². The molecular weight excluding hydrogens is 314 g/mol. The number of carbonyl (C=O) groups is 1. The highest BCUT2D eigenvalue weighted by molar-refractivity contribution is 7.92. The number of benzene rings is 1. The number of carbonyl (C=O) groups excluding carboxylic acids is 1. The number of sulfone groups is 1. The van der Waals surface area contributed by atoms with Crippen LogP contribution < -0.4 is 11.1 Å². The third-order valence-corrected chi connectivity index (χ3v) is 4.80. The number of nitrogens with one attached hydrogen (secondary N) is 1. The summed E-state index contributed by atoms with van der Waals surface area (Å²) >= 11 is 0. The van der Waals surface area contributed by atoms with Gasteiger partial charge < -0.3 is 11.1 Å². The molecular formula is C16H19N3O3S. The van der Waals surface area contributed by atoms with Crippen molar-refractivity contribution in [1.82, 2.24) is 4.98 Å². The summed E-state index contributed by atoms with van der Waals surface area (Å²) in [6.07, 6.45) is 2.54. The molecule has 1 heterocycles. The highest BCUT2D eigenvalue weighted by Gasteiger charge is 2.16. The van der Waals surface area contributed by atoms with Gasteiger partial charge in [-0.1, -0.05) is 30.3 Å². The molecule has 122 valence electrons. The summed E-state index contributed by atoms with van der Waals surface area (Å²) in [6, 6.07) is 12.7. The number of anilines is 2. The fraction of sp³-hybridized carbons (Fsp3) is 0.250. The van der Waals surface area contributed by atoms with Crippen molar-refractivity contribution in [3.63, 3.8) is 0 Å². The Labute approximate surface area is 135 Å². The Morgan fingerprint density at radius 3 is 2.52 bits per heavy atom. The quantitative estimate of drug-likeness (QED) is 0.802. The van der Waals surface area contributed by atoms with Gasteiger partial charge in [0.2, 0.25) is 5.91 Å². The average molecular weight is 333 g/mol. The zero-order chi connectivity index (χ0) is 16.7. The summed E-state index contributed by atoms with van der Waals surface area (Å²) in [5, 5.41) is 2.50. The van der Waals surface area contributed by atoms with Gasteiger partial charge in [-0.2, -0.15) is 0 Å². The first-order valence-electron chi connectivity index (χ1n) is 7.20. The van der Waals surface area contributed by atoms with Gasteiger partial charge >= 0.3 is 0 Å². The van der Waals surface area contributed by atoms with Crippen LogP contribution in [0, 0.1) is 0 Å². The first-order chi connectivity index (χ1) is 10.9. The summed E-state index contributed by atoms with van der Waals surface area (Å²) in [5.41, 5.74) is 6.95. The predicted molar refractivity (Wildman–Crippen MR) is 90.7 cm³/mol. The smallest absolute Gasteiger partial charge is 0.239 e. The van der Waals surface area contributed by atoms with E-state index < -0.39 is 21.5 Å². The van der Waals surface area contributed by atoms with E-state index in [-0.39, 0.29) is 5.75 Å². The van der Waals surface area contributed by atoms with Crippen molar-refractivity contribution in [3.8, 4) is 0 Å². The lowest BCUT2D eigenvalue weighted by Crippen LogP contribution is -2.25. The highest BCUT2D eigenvalue weighted by atomic mass is 32.2. The van der Waals surface area contributed by atoms with Gasteiger partial charge in [0.05, 0.1) is 17.6 Å². The minimum atomic E-state index is -3.44. The monoisotopic (exact) mass is 333 g/mol. The van der Waals surface area contributed by atoms with Crippen LogP contribution in [0.25, 0.3) is 0 Å². The summed E-state index contributed by atoms with van der Waals surface area (Å²) in [4.78, 5) is 15.6.